The first-order chi connectivity index (χ1) is 67.0. The van der Waals surface area contributed by atoms with Crippen molar-refractivity contribution < 1.29 is 47.4 Å². The third-order valence-electron chi connectivity index (χ3n) is 26.2. The maximum atomic E-state index is 6.55. The van der Waals surface area contributed by atoms with E-state index in [0.29, 0.717) is 41.8 Å². The second kappa shape index (κ2) is 44.5. The number of aromatic amines is 1. The maximum Gasteiger partial charge on any atom is 0.321 e. The molecule has 136 heavy (non-hydrogen) atoms. The van der Waals surface area contributed by atoms with Crippen LogP contribution < -0.4 is 69.3 Å². The highest BCUT2D eigenvalue weighted by Crippen LogP contribution is 2.40. The molecule has 0 unspecified atom stereocenters. The number of nitrogens with one attached hydrogen (secondary N) is 5. The van der Waals surface area contributed by atoms with Crippen molar-refractivity contribution in [2.75, 3.05) is 160 Å². The number of methoxy groups -OCH3 is 2. The Bertz CT molecular complexity index is 6180. The smallest absolute Gasteiger partial charge is 0.321 e. The Morgan fingerprint density at radius 3 is 1.05 bits per heavy atom. The molecule has 4 aliphatic carbocycles. The van der Waals surface area contributed by atoms with Crippen LogP contribution in [0.25, 0.3) is 66.6 Å². The van der Waals surface area contributed by atoms with Gasteiger partial charge in [-0.3, -0.25) is 29.7 Å². The van der Waals surface area contributed by atoms with E-state index in [9.17, 15) is 0 Å². The molecule has 0 radical (unpaired) electrons. The highest BCUT2D eigenvalue weighted by Gasteiger charge is 2.32. The molecule has 36 heteroatoms. The molecule has 14 aromatic rings. The molecule has 0 spiro atoms. The quantitative estimate of drug-likeness (QED) is 0.0375. The van der Waals surface area contributed by atoms with E-state index in [4.69, 9.17) is 47.4 Å². The summed E-state index contributed by atoms with van der Waals surface area (Å²) in [7, 11) is 5.07. The van der Waals surface area contributed by atoms with E-state index in [0.717, 1.165) is 338 Å². The number of aryl methyl sites for hydroxylation is 2. The zero-order valence-electron chi connectivity index (χ0n) is 77.5. The van der Waals surface area contributed by atoms with Crippen molar-refractivity contribution in [3.05, 3.63) is 183 Å². The summed E-state index contributed by atoms with van der Waals surface area (Å²) in [6.45, 7) is 14.9. The second-order valence-corrected chi connectivity index (χ2v) is 35.3. The second-order valence-electron chi connectivity index (χ2n) is 35.3. The largest absolute Gasteiger partial charge is 0.488 e. The lowest BCUT2D eigenvalue weighted by Gasteiger charge is -2.31. The van der Waals surface area contributed by atoms with Gasteiger partial charge in [0, 0.05) is 234 Å². The van der Waals surface area contributed by atoms with Gasteiger partial charge in [-0.05, 0) is 176 Å². The van der Waals surface area contributed by atoms with Crippen LogP contribution in [0.5, 0.6) is 34.9 Å². The minimum absolute atomic E-state index is 0.123. The van der Waals surface area contributed by atoms with Crippen molar-refractivity contribution in [3.8, 4) is 57.4 Å². The number of fused-ring (bicyclic) bond motifs is 4. The summed E-state index contributed by atoms with van der Waals surface area (Å²) in [5, 5.41) is 25.4. The number of morpholine rings is 4. The van der Waals surface area contributed by atoms with Crippen LogP contribution in [0.2, 0.25) is 0 Å². The minimum Gasteiger partial charge on any atom is -0.488 e. The lowest BCUT2D eigenvalue weighted by Crippen LogP contribution is -2.36. The standard InChI is InChI=1S/C27H31N7O2.C26H29N7O2.C24H30N6O4.C23H28N6O2/c1-33-24(8-9-31-33)19-2-7-26(30-18-19)32-20-3-5-22(6-4-20)36-25-17-21(34-12-14-35-15-13-34)16-23-27(25)29-11-10-28-23;1-6-25(29-17-18(1)22-7-8-30-32-22)31-19-2-4-21(5-3-19)35-24-16-20(33-11-13-34-14-12-33)15-23-26(24)28-10-9-27-23;1-31-22-15-21(28-24(29-22)32-2)27-16-3-5-18(6-4-16)34-20-14-17(30-9-11-33-12-10-30)13-19-23(20)26-8-7-25-19;1-16-6-7-26-23(27-16)28-17-2-4-19(5-3-17)31-21-15-18(29-10-12-30-13-11-29)14-20-22(21)25-9-8-24-20/h2,7-11,16-18,20,22H,3-6,12-15H2,1H3,(H,30,32);1,6-10,15-17,19,21H,2-5,11-14H2,(H,29,31)(H,30,32);7-8,13-16,18H,3-6,9-12H2,1-2H3,(H,27,28,29);6-9,14-15,17,19H,2-5,10-13H2,1H3,(H,26,27,28). The van der Waals surface area contributed by atoms with Crippen LogP contribution >= 0.6 is 0 Å². The number of ether oxygens (including phenoxy) is 10. The van der Waals surface area contributed by atoms with Gasteiger partial charge in [0.25, 0.3) is 0 Å². The Kier molecular flexibility index (Phi) is 29.9. The van der Waals surface area contributed by atoms with E-state index in [-0.39, 0.29) is 30.4 Å². The van der Waals surface area contributed by atoms with Crippen LogP contribution in [-0.2, 0) is 26.0 Å². The Labute approximate surface area is 789 Å². The van der Waals surface area contributed by atoms with Crippen LogP contribution in [0.15, 0.2) is 178 Å². The van der Waals surface area contributed by atoms with Gasteiger partial charge >= 0.3 is 6.01 Å². The average molecular weight is 1840 g/mol. The molecular formula is C100H118N26O10. The summed E-state index contributed by atoms with van der Waals surface area (Å²) >= 11 is 0. The maximum absolute atomic E-state index is 6.55. The fourth-order valence-corrected chi connectivity index (χ4v) is 18.9. The highest BCUT2D eigenvalue weighted by atomic mass is 16.5. The van der Waals surface area contributed by atoms with Crippen molar-refractivity contribution in [2.45, 2.75) is 158 Å². The molecule has 4 saturated carbocycles. The predicted molar refractivity (Wildman–Crippen MR) is 522 cm³/mol. The SMILES string of the molecule is COc1cc(NC2CCC(Oc3cc(N4CCOCC4)cc4nccnc34)CC2)nc(OC)n1.Cc1ccnc(NC2CCC(Oc3cc(N4CCOCC4)cc4nccnc34)CC2)n1.Cn1nccc1-c1ccc(NC2CCC(Oc3cc(N4CCOCC4)cc4nccnc34)CC2)nc1.c1cc(-c2ccc(NC3CCC(Oc4cc(N5CCOCC5)cc5nccnc45)CC3)nc2)[nH]n1. The molecule has 10 aromatic heterocycles. The number of benzene rings is 4. The van der Waals surface area contributed by atoms with E-state index in [1.165, 1.54) is 0 Å². The molecule has 36 nitrogen and oxygen atoms in total. The zero-order valence-corrected chi connectivity index (χ0v) is 77.5. The monoisotopic (exact) mass is 1840 g/mol. The first kappa shape index (κ1) is 91.3. The predicted octanol–water partition coefficient (Wildman–Crippen LogP) is 14.6. The minimum atomic E-state index is 0.123. The van der Waals surface area contributed by atoms with Crippen LogP contribution in [0.3, 0.4) is 0 Å². The third-order valence-corrected chi connectivity index (χ3v) is 26.2. The van der Waals surface area contributed by atoms with Crippen LogP contribution in [0.1, 0.15) is 108 Å². The van der Waals surface area contributed by atoms with E-state index < -0.39 is 0 Å². The van der Waals surface area contributed by atoms with Gasteiger partial charge in [-0.25, -0.2) is 39.9 Å². The average Bonchev–Trinajstić information content (AvgIpc) is 0.946. The van der Waals surface area contributed by atoms with Crippen LogP contribution in [0, 0.1) is 6.92 Å². The van der Waals surface area contributed by atoms with Gasteiger partial charge in [-0.1, -0.05) is 0 Å². The molecule has 4 aliphatic heterocycles. The topological polar surface area (TPSA) is 380 Å². The molecule has 22 rings (SSSR count). The van der Waals surface area contributed by atoms with Crippen molar-refractivity contribution in [1.82, 2.24) is 89.8 Å². The van der Waals surface area contributed by atoms with Crippen molar-refractivity contribution >= 4 is 90.3 Å². The van der Waals surface area contributed by atoms with Gasteiger partial charge in [0.15, 0.2) is 0 Å². The van der Waals surface area contributed by atoms with Crippen LogP contribution in [0.4, 0.5) is 46.2 Å². The lowest BCUT2D eigenvalue weighted by molar-refractivity contribution is 0.122. The number of anilines is 8. The molecule has 8 aliphatic rings. The number of rotatable bonds is 24. The third kappa shape index (κ3) is 23.6. The molecule has 0 amide bonds. The van der Waals surface area contributed by atoms with Crippen molar-refractivity contribution in [2.24, 2.45) is 7.05 Å². The molecule has 708 valence electrons. The number of aromatic nitrogens is 18. The van der Waals surface area contributed by atoms with Crippen molar-refractivity contribution in [1.29, 1.82) is 0 Å². The molecule has 14 heterocycles. The Hall–Kier alpha value is -13.8. The molecule has 8 fully saturated rings. The fraction of sp³-hybridized carbons (Fsp3) is 0.440. The van der Waals surface area contributed by atoms with Gasteiger partial charge in [-0.15, -0.1) is 0 Å². The Balaban J connectivity index is 0.000000116. The molecular weight excluding hydrogens is 1730 g/mol. The molecule has 0 atom stereocenters. The number of pyridine rings is 2. The van der Waals surface area contributed by atoms with E-state index in [1.54, 1.807) is 88.5 Å². The summed E-state index contributed by atoms with van der Waals surface area (Å²) in [6, 6.07) is 34.5. The first-order valence-corrected chi connectivity index (χ1v) is 47.7. The summed E-state index contributed by atoms with van der Waals surface area (Å²) in [5.74, 6) is 6.97. The summed E-state index contributed by atoms with van der Waals surface area (Å²) < 4.78 is 60.5. The van der Waals surface area contributed by atoms with Crippen LogP contribution in [-0.4, -0.2) is 258 Å². The Morgan fingerprint density at radius 1 is 0.338 bits per heavy atom. The van der Waals surface area contributed by atoms with E-state index in [2.05, 4.69) is 187 Å². The van der Waals surface area contributed by atoms with Gasteiger partial charge in [0.05, 0.1) is 125 Å². The molecule has 0 bridgehead atoms. The highest BCUT2D eigenvalue weighted by molar-refractivity contribution is 5.88. The van der Waals surface area contributed by atoms with Crippen molar-refractivity contribution in [3.63, 3.8) is 0 Å². The fourth-order valence-electron chi connectivity index (χ4n) is 18.9. The Morgan fingerprint density at radius 2 is 0.713 bits per heavy atom. The zero-order chi connectivity index (χ0) is 92.1. The van der Waals surface area contributed by atoms with Gasteiger partial charge in [-0.2, -0.15) is 20.2 Å². The number of nitrogens with zero attached hydrogens (tertiary/aromatic N) is 21. The van der Waals surface area contributed by atoms with Gasteiger partial charge in [0.2, 0.25) is 11.8 Å². The normalized spacial score (nSPS) is 20.9. The summed E-state index contributed by atoms with van der Waals surface area (Å²) in [4.78, 5) is 72.3. The van der Waals surface area contributed by atoms with E-state index >= 15 is 0 Å². The summed E-state index contributed by atoms with van der Waals surface area (Å²) in [6.07, 6.45) is 39.4. The van der Waals surface area contributed by atoms with Gasteiger partial charge in [0.1, 0.15) is 62.5 Å². The summed E-state index contributed by atoms with van der Waals surface area (Å²) in [5.41, 5.74) is 16.3. The molecule has 4 saturated heterocycles. The molecule has 4 aromatic carbocycles. The number of hydrogen-bond donors (Lipinski definition) is 5. The van der Waals surface area contributed by atoms with E-state index in [1.807, 2.05) is 61.4 Å². The van der Waals surface area contributed by atoms with Gasteiger partial charge < -0.3 is 88.2 Å². The first-order valence-electron chi connectivity index (χ1n) is 47.7. The molecule has 5 N–H and O–H groups in total. The lowest BCUT2D eigenvalue weighted by atomic mass is 9.93. The number of hydrogen-bond acceptors (Lipinski definition) is 34. The number of H-pyrrole nitrogens is 1.